The molecule has 0 N–H and O–H groups in total. The predicted octanol–water partition coefficient (Wildman–Crippen LogP) is 7.34. The first-order valence-electron chi connectivity index (χ1n) is 9.62. The second-order valence-electron chi connectivity index (χ2n) is 7.09. The summed E-state index contributed by atoms with van der Waals surface area (Å²) in [6.45, 7) is 0. The molecule has 0 atom stereocenters. The first-order valence-corrected chi connectivity index (χ1v) is 9.62. The smallest absolute Gasteiger partial charge is 0.0178 e. The van der Waals surface area contributed by atoms with E-state index in [9.17, 15) is 0 Å². The van der Waals surface area contributed by atoms with Crippen molar-refractivity contribution in [1.82, 2.24) is 0 Å². The summed E-state index contributed by atoms with van der Waals surface area (Å²) in [6, 6.07) is 42.8. The van der Waals surface area contributed by atoms with E-state index in [2.05, 4.69) is 121 Å². The molecule has 0 aliphatic heterocycles. The molecule has 134 valence electrons. The largest absolute Gasteiger partial charge is 0.0616 e. The van der Waals surface area contributed by atoms with E-state index in [-0.39, 0.29) is 18.9 Å². The van der Waals surface area contributed by atoms with Gasteiger partial charge in [0.1, 0.15) is 0 Å². The zero-order chi connectivity index (χ0) is 18.8. The van der Waals surface area contributed by atoms with Crippen LogP contribution in [0.2, 0.25) is 0 Å². The molecule has 0 saturated carbocycles. The monoisotopic (exact) mass is 364 g/mol. The minimum atomic E-state index is 0. The molecule has 6 aromatic carbocycles. The fourth-order valence-electron chi connectivity index (χ4n) is 3.77. The summed E-state index contributed by atoms with van der Waals surface area (Å²) in [6.07, 6.45) is 0. The molecule has 0 unspecified atom stereocenters. The summed E-state index contributed by atoms with van der Waals surface area (Å²) in [4.78, 5) is 0. The van der Waals surface area contributed by atoms with Crippen molar-refractivity contribution in [3.63, 3.8) is 0 Å². The fraction of sp³-hybridized carbons (Fsp3) is 0. The van der Waals surface area contributed by atoms with Crippen molar-refractivity contribution in [2.75, 3.05) is 0 Å². The number of hydrogen-bond donors (Lipinski definition) is 0. The predicted molar refractivity (Wildman–Crippen MR) is 130 cm³/mol. The van der Waals surface area contributed by atoms with Gasteiger partial charge in [0.25, 0.3) is 0 Å². The molecular weight excluding hydrogens is 343 g/mol. The van der Waals surface area contributed by atoms with E-state index in [1.165, 1.54) is 43.1 Å². The van der Waals surface area contributed by atoms with Crippen LogP contribution in [0.1, 0.15) is 0 Å². The molecule has 0 radical (unpaired) electrons. The summed E-state index contributed by atoms with van der Waals surface area (Å²) < 4.78 is 0. The standard InChI is InChI=1S/2C14H10.Li.H/c2*1-2-6-12-10-14-8-4-3-7-13(14)9-11(12)5-1;;/h2*1-10H;;. The average Bonchev–Trinajstić information content (AvgIpc) is 2.76. The van der Waals surface area contributed by atoms with Crippen LogP contribution in [-0.4, -0.2) is 18.9 Å². The van der Waals surface area contributed by atoms with Crippen molar-refractivity contribution in [3.8, 4) is 0 Å². The van der Waals surface area contributed by atoms with Gasteiger partial charge in [-0.1, -0.05) is 97.1 Å². The van der Waals surface area contributed by atoms with Crippen LogP contribution in [0.4, 0.5) is 0 Å². The minimum absolute atomic E-state index is 0. The van der Waals surface area contributed by atoms with Gasteiger partial charge >= 0.3 is 18.9 Å². The summed E-state index contributed by atoms with van der Waals surface area (Å²) in [7, 11) is 0. The topological polar surface area (TPSA) is 0 Å². The van der Waals surface area contributed by atoms with Crippen LogP contribution < -0.4 is 0 Å². The fourth-order valence-corrected chi connectivity index (χ4v) is 3.77. The van der Waals surface area contributed by atoms with E-state index >= 15 is 0 Å². The van der Waals surface area contributed by atoms with Gasteiger partial charge < -0.3 is 0 Å². The Morgan fingerprint density at radius 2 is 0.379 bits per heavy atom. The molecule has 0 aromatic heterocycles. The van der Waals surface area contributed by atoms with Gasteiger partial charge in [-0.3, -0.25) is 0 Å². The molecular formula is C28H21Li. The Balaban J connectivity index is 0.000000137. The van der Waals surface area contributed by atoms with Crippen LogP contribution in [0.5, 0.6) is 0 Å². The van der Waals surface area contributed by atoms with Crippen LogP contribution in [0.3, 0.4) is 0 Å². The normalized spacial score (nSPS) is 10.5. The van der Waals surface area contributed by atoms with Gasteiger partial charge in [0, 0.05) is 0 Å². The van der Waals surface area contributed by atoms with Crippen molar-refractivity contribution >= 4 is 62.0 Å². The van der Waals surface area contributed by atoms with E-state index in [4.69, 9.17) is 0 Å². The summed E-state index contributed by atoms with van der Waals surface area (Å²) in [5.74, 6) is 0. The first kappa shape index (κ1) is 19.3. The molecule has 0 saturated heterocycles. The summed E-state index contributed by atoms with van der Waals surface area (Å²) >= 11 is 0. The molecule has 1 heteroatoms. The molecule has 6 rings (SSSR count). The van der Waals surface area contributed by atoms with E-state index in [0.717, 1.165) is 0 Å². The molecule has 0 nitrogen and oxygen atoms in total. The second-order valence-corrected chi connectivity index (χ2v) is 7.09. The Bertz CT molecular complexity index is 1090. The van der Waals surface area contributed by atoms with Crippen molar-refractivity contribution in [2.45, 2.75) is 0 Å². The Hall–Kier alpha value is -3.04. The van der Waals surface area contributed by atoms with E-state index < -0.39 is 0 Å². The third kappa shape index (κ3) is 4.05. The number of rotatable bonds is 0. The van der Waals surface area contributed by atoms with E-state index in [1.807, 2.05) is 0 Å². The maximum atomic E-state index is 2.24. The second kappa shape index (κ2) is 8.54. The molecule has 0 aliphatic rings. The Labute approximate surface area is 183 Å². The van der Waals surface area contributed by atoms with Crippen LogP contribution in [-0.2, 0) is 0 Å². The van der Waals surface area contributed by atoms with Gasteiger partial charge in [0.2, 0.25) is 0 Å². The van der Waals surface area contributed by atoms with Gasteiger partial charge in [-0.15, -0.1) is 0 Å². The first-order chi connectivity index (χ1) is 13.9. The number of fused-ring (bicyclic) bond motifs is 4. The van der Waals surface area contributed by atoms with Crippen molar-refractivity contribution in [1.29, 1.82) is 0 Å². The van der Waals surface area contributed by atoms with E-state index in [0.29, 0.717) is 0 Å². The van der Waals surface area contributed by atoms with Crippen LogP contribution in [0.25, 0.3) is 43.1 Å². The Morgan fingerprint density at radius 1 is 0.241 bits per heavy atom. The van der Waals surface area contributed by atoms with Gasteiger partial charge in [0.15, 0.2) is 0 Å². The van der Waals surface area contributed by atoms with Gasteiger partial charge in [-0.25, -0.2) is 0 Å². The zero-order valence-corrected chi connectivity index (χ0v) is 15.5. The number of benzene rings is 6. The van der Waals surface area contributed by atoms with Crippen molar-refractivity contribution in [2.24, 2.45) is 0 Å². The minimum Gasteiger partial charge on any atom is -0.0616 e. The SMILES string of the molecule is [LiH].c1ccc2cc3ccccc3cc2c1.c1ccc2cc3ccccc3cc2c1. The Morgan fingerprint density at radius 3 is 0.517 bits per heavy atom. The van der Waals surface area contributed by atoms with Crippen LogP contribution in [0.15, 0.2) is 121 Å². The maximum absolute atomic E-state index is 2.24. The number of hydrogen-bond acceptors (Lipinski definition) is 0. The van der Waals surface area contributed by atoms with Gasteiger partial charge in [-0.05, 0) is 67.4 Å². The van der Waals surface area contributed by atoms with Crippen molar-refractivity contribution < 1.29 is 0 Å². The third-order valence-electron chi connectivity index (χ3n) is 5.23. The quantitative estimate of drug-likeness (QED) is 0.195. The molecule has 0 amide bonds. The molecule has 0 heterocycles. The van der Waals surface area contributed by atoms with Gasteiger partial charge in [0.05, 0.1) is 0 Å². The molecule has 29 heavy (non-hydrogen) atoms. The van der Waals surface area contributed by atoms with E-state index in [1.54, 1.807) is 0 Å². The van der Waals surface area contributed by atoms with Gasteiger partial charge in [-0.2, -0.15) is 0 Å². The molecule has 6 aromatic rings. The Kier molecular flexibility index (Phi) is 5.68. The zero-order valence-electron chi connectivity index (χ0n) is 15.5. The maximum Gasteiger partial charge on any atom is -0.0178 e. The summed E-state index contributed by atoms with van der Waals surface area (Å²) in [5.41, 5.74) is 0. The van der Waals surface area contributed by atoms with Crippen molar-refractivity contribution in [3.05, 3.63) is 121 Å². The van der Waals surface area contributed by atoms with Crippen LogP contribution >= 0.6 is 0 Å². The summed E-state index contributed by atoms with van der Waals surface area (Å²) in [5, 5.41) is 10.5. The third-order valence-corrected chi connectivity index (χ3v) is 5.23. The molecule has 0 spiro atoms. The molecule has 0 bridgehead atoms. The molecule has 0 aliphatic carbocycles. The molecule has 0 fully saturated rings. The van der Waals surface area contributed by atoms with Crippen LogP contribution in [0, 0.1) is 0 Å². The average molecular weight is 364 g/mol.